The van der Waals surface area contributed by atoms with Gasteiger partial charge < -0.3 is 8.98 Å². The third-order valence-corrected chi connectivity index (χ3v) is 14.2. The number of fused-ring (bicyclic) bond motifs is 12. The second-order valence-corrected chi connectivity index (χ2v) is 18.1. The highest BCUT2D eigenvalue weighted by atomic mass is 16.3. The lowest BCUT2D eigenvalue weighted by Gasteiger charge is -2.21. The number of rotatable bonds is 4. The number of para-hydroxylation sites is 1. The number of hydrogen-bond donors (Lipinski definition) is 0. The maximum atomic E-state index is 6.87. The van der Waals surface area contributed by atoms with Crippen molar-refractivity contribution in [3.8, 4) is 5.69 Å². The van der Waals surface area contributed by atoms with Crippen molar-refractivity contribution in [3.05, 3.63) is 229 Å². The molecule has 3 heterocycles. The topological polar surface area (TPSA) is 42.8 Å². The van der Waals surface area contributed by atoms with E-state index in [0.717, 1.165) is 89.3 Å². The van der Waals surface area contributed by atoms with E-state index in [9.17, 15) is 0 Å². The summed E-state index contributed by atoms with van der Waals surface area (Å²) in [4.78, 5) is 11.5. The number of nitrogens with zero attached hydrogens (tertiary/aromatic N) is 3. The Kier molecular flexibility index (Phi) is 8.29. The van der Waals surface area contributed by atoms with Gasteiger partial charge in [-0.15, -0.1) is 0 Å². The molecule has 2 aromatic heterocycles. The first-order valence-electron chi connectivity index (χ1n) is 23.2. The fourth-order valence-electron chi connectivity index (χ4n) is 10.8. The van der Waals surface area contributed by atoms with Crippen LogP contribution in [-0.2, 0) is 0 Å². The van der Waals surface area contributed by atoms with Gasteiger partial charge in [-0.05, 0) is 120 Å². The first-order valence-corrected chi connectivity index (χ1v) is 23.2. The van der Waals surface area contributed by atoms with Crippen molar-refractivity contribution in [3.63, 3.8) is 0 Å². The van der Waals surface area contributed by atoms with Crippen LogP contribution in [0.1, 0.15) is 30.0 Å². The van der Waals surface area contributed by atoms with Crippen LogP contribution in [0.2, 0.25) is 0 Å². The molecule has 0 fully saturated rings. The molecule has 0 bridgehead atoms. The smallest absolute Gasteiger partial charge is 0.160 e. The molecule has 1 aliphatic heterocycles. The molecule has 0 N–H and O–H groups in total. The van der Waals surface area contributed by atoms with Crippen LogP contribution in [0.4, 0.5) is 0 Å². The summed E-state index contributed by atoms with van der Waals surface area (Å²) in [5.41, 5.74) is 9.95. The quantitative estimate of drug-likeness (QED) is 0.163. The number of furan rings is 1. The standard InChI is InChI=1S/C63H41N3O/c1-38-22-29-54(64-63(65-62(38)47-26-23-39-12-2-3-14-41(39)32-47)48-27-28-50-46(33-48)25-24-40-13-8-9-19-49(40)50)61-56(30-31-58-60(61)53-35-43-16-5-7-18-45(43)37-59(53)67-58)66-55-21-11-10-20-51(55)52-34-42-15-4-6-17-44(42)36-57(52)66/h2-21,23-38H,22H2,1H3/b54-29+,64-63-,65-62+. The van der Waals surface area contributed by atoms with E-state index >= 15 is 0 Å². The Morgan fingerprint density at radius 1 is 0.433 bits per heavy atom. The van der Waals surface area contributed by atoms with Gasteiger partial charge in [-0.3, -0.25) is 0 Å². The summed E-state index contributed by atoms with van der Waals surface area (Å²) < 4.78 is 9.32. The summed E-state index contributed by atoms with van der Waals surface area (Å²) >= 11 is 0. The highest BCUT2D eigenvalue weighted by molar-refractivity contribution is 6.21. The van der Waals surface area contributed by atoms with Crippen molar-refractivity contribution in [2.24, 2.45) is 15.9 Å². The van der Waals surface area contributed by atoms with Crippen molar-refractivity contribution < 1.29 is 4.42 Å². The summed E-state index contributed by atoms with van der Waals surface area (Å²) in [5.74, 6) is 0.740. The van der Waals surface area contributed by atoms with Crippen molar-refractivity contribution in [2.75, 3.05) is 0 Å². The van der Waals surface area contributed by atoms with Crippen LogP contribution in [0.15, 0.2) is 227 Å². The zero-order valence-electron chi connectivity index (χ0n) is 36.7. The average Bonchev–Trinajstić information content (AvgIpc) is 3.90. The van der Waals surface area contributed by atoms with E-state index in [1.54, 1.807) is 0 Å². The predicted molar refractivity (Wildman–Crippen MR) is 283 cm³/mol. The molecule has 14 rings (SSSR count). The highest BCUT2D eigenvalue weighted by Crippen LogP contribution is 2.44. The molecule has 0 spiro atoms. The molecule has 4 heteroatoms. The van der Waals surface area contributed by atoms with Crippen LogP contribution in [0.5, 0.6) is 0 Å². The molecule has 0 saturated heterocycles. The van der Waals surface area contributed by atoms with E-state index < -0.39 is 0 Å². The van der Waals surface area contributed by atoms with Crippen LogP contribution < -0.4 is 0 Å². The van der Waals surface area contributed by atoms with Gasteiger partial charge in [-0.2, -0.15) is 0 Å². The Bertz CT molecular complexity index is 4330. The fraction of sp³-hybridized carbons (Fsp3) is 0.0476. The van der Waals surface area contributed by atoms with Gasteiger partial charge in [-0.1, -0.05) is 165 Å². The Balaban J connectivity index is 1.09. The van der Waals surface area contributed by atoms with Crippen LogP contribution >= 0.6 is 0 Å². The van der Waals surface area contributed by atoms with E-state index in [4.69, 9.17) is 14.4 Å². The molecule has 0 amide bonds. The van der Waals surface area contributed by atoms with Crippen LogP contribution in [0.25, 0.3) is 109 Å². The van der Waals surface area contributed by atoms with Gasteiger partial charge in [-0.25, -0.2) is 9.98 Å². The number of aromatic nitrogens is 1. The molecule has 11 aromatic carbocycles. The zero-order chi connectivity index (χ0) is 44.2. The fourth-order valence-corrected chi connectivity index (χ4v) is 10.8. The maximum Gasteiger partial charge on any atom is 0.160 e. The Hall–Kier alpha value is -8.60. The SMILES string of the molecule is CC1C/C=C(c2c(-n3c4ccccc4c4cc5ccccc5cc43)ccc3oc4cc5ccccc5cc4c23)/N=C(c2ccc3c(ccc4ccccc43)c2)\N=C/1c1ccc2ccccc2c1. The van der Waals surface area contributed by atoms with Crippen molar-refractivity contribution in [1.29, 1.82) is 0 Å². The zero-order valence-corrected chi connectivity index (χ0v) is 36.7. The Labute approximate surface area is 386 Å². The molecule has 0 aliphatic carbocycles. The van der Waals surface area contributed by atoms with Gasteiger partial charge >= 0.3 is 0 Å². The first-order chi connectivity index (χ1) is 33.1. The average molecular weight is 856 g/mol. The summed E-state index contributed by atoms with van der Waals surface area (Å²) in [6.45, 7) is 2.30. The van der Waals surface area contributed by atoms with Crippen molar-refractivity contribution in [1.82, 2.24) is 4.57 Å². The minimum absolute atomic E-state index is 0.0679. The van der Waals surface area contributed by atoms with Gasteiger partial charge in [0.15, 0.2) is 5.84 Å². The number of hydrogen-bond acceptors (Lipinski definition) is 3. The number of allylic oxidation sites excluding steroid dienone is 1. The lowest BCUT2D eigenvalue weighted by atomic mass is 9.91. The van der Waals surface area contributed by atoms with E-state index in [2.05, 4.69) is 224 Å². The molecule has 1 aliphatic rings. The van der Waals surface area contributed by atoms with Gasteiger partial charge in [0, 0.05) is 38.6 Å². The predicted octanol–water partition coefficient (Wildman–Crippen LogP) is 16.8. The molecule has 314 valence electrons. The third kappa shape index (κ3) is 6.00. The van der Waals surface area contributed by atoms with E-state index in [1.807, 2.05) is 0 Å². The summed E-state index contributed by atoms with van der Waals surface area (Å²) in [6, 6.07) is 74.6. The molecule has 67 heavy (non-hydrogen) atoms. The van der Waals surface area contributed by atoms with E-state index in [-0.39, 0.29) is 5.92 Å². The van der Waals surface area contributed by atoms with Crippen LogP contribution in [-0.4, -0.2) is 16.1 Å². The minimum Gasteiger partial charge on any atom is -0.456 e. The lowest BCUT2D eigenvalue weighted by Crippen LogP contribution is -2.17. The van der Waals surface area contributed by atoms with Crippen LogP contribution in [0.3, 0.4) is 0 Å². The summed E-state index contributed by atoms with van der Waals surface area (Å²) in [6.07, 6.45) is 3.09. The summed E-state index contributed by atoms with van der Waals surface area (Å²) in [5, 5.41) is 16.4. The second kappa shape index (κ2) is 14.7. The maximum absolute atomic E-state index is 6.87. The normalized spacial score (nSPS) is 17.0. The van der Waals surface area contributed by atoms with Crippen molar-refractivity contribution in [2.45, 2.75) is 13.3 Å². The minimum atomic E-state index is 0.0679. The number of aliphatic imine (C=N–C) groups is 2. The van der Waals surface area contributed by atoms with Gasteiger partial charge in [0.25, 0.3) is 0 Å². The molecular weight excluding hydrogens is 815 g/mol. The number of benzene rings is 11. The highest BCUT2D eigenvalue weighted by Gasteiger charge is 2.26. The summed E-state index contributed by atoms with van der Waals surface area (Å²) in [7, 11) is 0. The third-order valence-electron chi connectivity index (χ3n) is 14.2. The Morgan fingerprint density at radius 2 is 1.03 bits per heavy atom. The molecule has 0 radical (unpaired) electrons. The van der Waals surface area contributed by atoms with Crippen molar-refractivity contribution >= 4 is 115 Å². The van der Waals surface area contributed by atoms with E-state index in [1.165, 1.54) is 48.5 Å². The molecule has 1 atom stereocenters. The van der Waals surface area contributed by atoms with Gasteiger partial charge in [0.2, 0.25) is 0 Å². The largest absolute Gasteiger partial charge is 0.456 e. The molecular formula is C63H41N3O. The Morgan fingerprint density at radius 3 is 1.84 bits per heavy atom. The first kappa shape index (κ1) is 37.7. The lowest BCUT2D eigenvalue weighted by molar-refractivity contribution is 0.669. The molecule has 13 aromatic rings. The monoisotopic (exact) mass is 855 g/mol. The number of amidine groups is 1. The molecule has 0 saturated carbocycles. The second-order valence-electron chi connectivity index (χ2n) is 18.1. The van der Waals surface area contributed by atoms with E-state index in [0.29, 0.717) is 5.84 Å². The van der Waals surface area contributed by atoms with Gasteiger partial charge in [0.05, 0.1) is 28.1 Å². The molecule has 4 nitrogen and oxygen atoms in total. The molecule has 1 unspecified atom stereocenters. The van der Waals surface area contributed by atoms with Crippen LogP contribution in [0, 0.1) is 5.92 Å². The van der Waals surface area contributed by atoms with Gasteiger partial charge in [0.1, 0.15) is 11.2 Å².